The number of aromatic amines is 1. The molecule has 3 aromatic rings. The molecule has 0 unspecified atom stereocenters. The number of nitrogens with one attached hydrogen (secondary N) is 1. The second-order valence-corrected chi connectivity index (χ2v) is 7.04. The first-order chi connectivity index (χ1) is 14.7. The summed E-state index contributed by atoms with van der Waals surface area (Å²) in [6, 6.07) is 11.3. The van der Waals surface area contributed by atoms with Crippen LogP contribution in [0.1, 0.15) is 26.3 Å². The van der Waals surface area contributed by atoms with Crippen LogP contribution >= 0.6 is 0 Å². The van der Waals surface area contributed by atoms with Crippen LogP contribution in [0.2, 0.25) is 0 Å². The van der Waals surface area contributed by atoms with Gasteiger partial charge in [0.15, 0.2) is 0 Å². The molecule has 1 aromatic heterocycles. The average molecular weight is 419 g/mol. The fourth-order valence-electron chi connectivity index (χ4n) is 2.98. The summed E-state index contributed by atoms with van der Waals surface area (Å²) in [5.41, 5.74) is 1.15. The van der Waals surface area contributed by atoms with Gasteiger partial charge in [0, 0.05) is 19.8 Å². The molecule has 3 N–H and O–H groups in total. The Morgan fingerprint density at radius 1 is 1.03 bits per heavy atom. The number of carboxylic acids is 2. The molecular weight excluding hydrogens is 398 g/mol. The lowest BCUT2D eigenvalue weighted by molar-refractivity contribution is 0.0696. The van der Waals surface area contributed by atoms with Crippen molar-refractivity contribution in [2.75, 3.05) is 19.0 Å². The van der Waals surface area contributed by atoms with Gasteiger partial charge in [0.2, 0.25) is 0 Å². The minimum Gasteiger partial charge on any atom is -0.478 e. The summed E-state index contributed by atoms with van der Waals surface area (Å²) in [6.45, 7) is 3.82. The van der Waals surface area contributed by atoms with Crippen LogP contribution in [0.15, 0.2) is 53.3 Å². The van der Waals surface area contributed by atoms with Gasteiger partial charge in [-0.15, -0.1) is 0 Å². The maximum absolute atomic E-state index is 12.8. The Morgan fingerprint density at radius 3 is 2.13 bits per heavy atom. The molecule has 0 bridgehead atoms. The molecule has 0 radical (unpaired) electrons. The second kappa shape index (κ2) is 8.58. The van der Waals surface area contributed by atoms with Gasteiger partial charge in [0.05, 0.1) is 27.4 Å². The van der Waals surface area contributed by atoms with Gasteiger partial charge >= 0.3 is 11.9 Å². The quantitative estimate of drug-likeness (QED) is 0.558. The van der Waals surface area contributed by atoms with E-state index in [-0.39, 0.29) is 22.0 Å². The molecular formula is C23H21N3O5. The lowest BCUT2D eigenvalue weighted by Crippen LogP contribution is -2.33. The molecule has 0 aliphatic carbocycles. The molecule has 8 nitrogen and oxygen atoms in total. The zero-order valence-corrected chi connectivity index (χ0v) is 17.0. The smallest absolute Gasteiger partial charge is 0.335 e. The van der Waals surface area contributed by atoms with Gasteiger partial charge in [-0.05, 0) is 42.0 Å². The molecule has 158 valence electrons. The maximum atomic E-state index is 12.8. The van der Waals surface area contributed by atoms with Crippen LogP contribution in [0.4, 0.5) is 5.69 Å². The zero-order valence-electron chi connectivity index (χ0n) is 17.0. The Bertz CT molecular complexity index is 1310. The molecule has 1 heterocycles. The van der Waals surface area contributed by atoms with Crippen LogP contribution in [0.5, 0.6) is 0 Å². The lowest BCUT2D eigenvalue weighted by Gasteiger charge is -2.11. The predicted octanol–water partition coefficient (Wildman–Crippen LogP) is 1.53. The van der Waals surface area contributed by atoms with Gasteiger partial charge in [0.25, 0.3) is 5.56 Å². The number of rotatable bonds is 6. The molecule has 8 heteroatoms. The summed E-state index contributed by atoms with van der Waals surface area (Å²) in [6.07, 6.45) is 5.14. The van der Waals surface area contributed by atoms with Crippen LogP contribution in [-0.4, -0.2) is 46.0 Å². The SMILES string of the molecule is C=c1[nH]n(-c2cc(C(=O)O)cc(C(=O)O)c2)c(=O)c1=CC=Cc1ccc(N(C)C)cc1. The molecule has 2 aromatic carbocycles. The van der Waals surface area contributed by atoms with E-state index in [0.717, 1.165) is 22.0 Å². The number of anilines is 1. The number of allylic oxidation sites excluding steroid dienone is 1. The third kappa shape index (κ3) is 4.64. The molecule has 0 amide bonds. The van der Waals surface area contributed by atoms with Gasteiger partial charge in [-0.1, -0.05) is 30.9 Å². The maximum Gasteiger partial charge on any atom is 0.335 e. The third-order valence-electron chi connectivity index (χ3n) is 4.64. The molecule has 0 aliphatic rings. The van der Waals surface area contributed by atoms with Crippen LogP contribution in [0.3, 0.4) is 0 Å². The summed E-state index contributed by atoms with van der Waals surface area (Å²) in [4.78, 5) is 37.5. The van der Waals surface area contributed by atoms with Crippen molar-refractivity contribution in [2.24, 2.45) is 0 Å². The van der Waals surface area contributed by atoms with Crippen molar-refractivity contribution in [1.82, 2.24) is 9.78 Å². The van der Waals surface area contributed by atoms with E-state index in [1.54, 1.807) is 12.2 Å². The lowest BCUT2D eigenvalue weighted by atomic mass is 10.1. The van der Waals surface area contributed by atoms with E-state index in [0.29, 0.717) is 5.35 Å². The highest BCUT2D eigenvalue weighted by Gasteiger charge is 2.14. The van der Waals surface area contributed by atoms with E-state index in [9.17, 15) is 24.6 Å². The molecule has 0 saturated heterocycles. The van der Waals surface area contributed by atoms with Gasteiger partial charge in [-0.25, -0.2) is 14.3 Å². The number of H-pyrrole nitrogens is 1. The first kappa shape index (κ1) is 21.4. The van der Waals surface area contributed by atoms with E-state index in [1.807, 2.05) is 49.3 Å². The Balaban J connectivity index is 2.01. The van der Waals surface area contributed by atoms with Crippen LogP contribution in [-0.2, 0) is 0 Å². The number of carboxylic acid groups (broad SMARTS) is 2. The number of aromatic carboxylic acids is 2. The van der Waals surface area contributed by atoms with Crippen molar-refractivity contribution in [3.8, 4) is 5.69 Å². The number of hydrogen-bond donors (Lipinski definition) is 3. The molecule has 31 heavy (non-hydrogen) atoms. The van der Waals surface area contributed by atoms with Crippen LogP contribution in [0.25, 0.3) is 24.4 Å². The molecule has 0 atom stereocenters. The molecule has 3 rings (SSSR count). The van der Waals surface area contributed by atoms with Gasteiger partial charge in [-0.2, -0.15) is 0 Å². The largest absolute Gasteiger partial charge is 0.478 e. The van der Waals surface area contributed by atoms with Gasteiger partial charge in [-0.3, -0.25) is 9.89 Å². The average Bonchev–Trinajstić information content (AvgIpc) is 3.02. The minimum absolute atomic E-state index is 0.0927. The summed E-state index contributed by atoms with van der Waals surface area (Å²) in [7, 11) is 3.91. The second-order valence-electron chi connectivity index (χ2n) is 7.04. The first-order valence-corrected chi connectivity index (χ1v) is 9.25. The zero-order chi connectivity index (χ0) is 22.7. The Morgan fingerprint density at radius 2 is 1.61 bits per heavy atom. The Hall–Kier alpha value is -4.33. The molecule has 0 aliphatic heterocycles. The van der Waals surface area contributed by atoms with E-state index in [4.69, 9.17) is 0 Å². The highest BCUT2D eigenvalue weighted by Crippen LogP contribution is 2.14. The van der Waals surface area contributed by atoms with Crippen LogP contribution < -0.4 is 21.0 Å². The van der Waals surface area contributed by atoms with Crippen molar-refractivity contribution < 1.29 is 19.8 Å². The van der Waals surface area contributed by atoms with Crippen LogP contribution in [0, 0.1) is 0 Å². The number of carbonyl (C=O) groups is 2. The standard InChI is InChI=1S/C23H21N3O5/c1-14-20(6-4-5-15-7-9-18(10-8-15)25(2)3)21(27)26(24-14)19-12-16(22(28)29)11-17(13-19)23(30)31/h4-13,24H,1H2,2-3H3,(H,28,29)(H,30,31). The number of hydrogen-bond acceptors (Lipinski definition) is 4. The summed E-state index contributed by atoms with van der Waals surface area (Å²) in [5.74, 6) is -2.59. The van der Waals surface area contributed by atoms with Gasteiger partial charge in [0.1, 0.15) is 0 Å². The van der Waals surface area contributed by atoms with Gasteiger partial charge < -0.3 is 15.1 Å². The summed E-state index contributed by atoms with van der Waals surface area (Å²) >= 11 is 0. The summed E-state index contributed by atoms with van der Waals surface area (Å²) in [5, 5.41) is 21.8. The summed E-state index contributed by atoms with van der Waals surface area (Å²) < 4.78 is 1.08. The topological polar surface area (TPSA) is 116 Å². The minimum atomic E-state index is -1.30. The fraction of sp³-hybridized carbons (Fsp3) is 0.0870. The molecule has 0 saturated carbocycles. The monoisotopic (exact) mass is 419 g/mol. The Labute approximate surface area is 177 Å². The highest BCUT2D eigenvalue weighted by atomic mass is 16.4. The highest BCUT2D eigenvalue weighted by molar-refractivity contribution is 5.94. The Kier molecular flexibility index (Phi) is 5.92. The predicted molar refractivity (Wildman–Crippen MR) is 119 cm³/mol. The van der Waals surface area contributed by atoms with Crippen molar-refractivity contribution >= 4 is 36.4 Å². The number of nitrogens with zero attached hydrogens (tertiary/aromatic N) is 2. The van der Waals surface area contributed by atoms with E-state index < -0.39 is 17.5 Å². The third-order valence-corrected chi connectivity index (χ3v) is 4.64. The van der Waals surface area contributed by atoms with E-state index in [1.165, 1.54) is 12.1 Å². The van der Waals surface area contributed by atoms with Crippen molar-refractivity contribution in [3.05, 3.63) is 86.2 Å². The number of aromatic nitrogens is 2. The fourth-order valence-corrected chi connectivity index (χ4v) is 2.98. The first-order valence-electron chi connectivity index (χ1n) is 9.25. The molecule has 0 spiro atoms. The van der Waals surface area contributed by atoms with Crippen molar-refractivity contribution in [3.63, 3.8) is 0 Å². The number of benzene rings is 2. The van der Waals surface area contributed by atoms with E-state index in [2.05, 4.69) is 11.7 Å². The van der Waals surface area contributed by atoms with Crippen molar-refractivity contribution in [2.45, 2.75) is 0 Å². The normalized spacial score (nSPS) is 11.7. The van der Waals surface area contributed by atoms with E-state index >= 15 is 0 Å². The van der Waals surface area contributed by atoms with Crippen molar-refractivity contribution in [1.29, 1.82) is 0 Å². The molecule has 0 fully saturated rings.